The van der Waals surface area contributed by atoms with Crippen LogP contribution in [0.25, 0.3) is 0 Å². The number of halogens is 2. The van der Waals surface area contributed by atoms with Crippen LogP contribution in [0.5, 0.6) is 5.75 Å². The highest BCUT2D eigenvalue weighted by molar-refractivity contribution is 9.10. The number of nitrogens with one attached hydrogen (secondary N) is 1. The zero-order valence-electron chi connectivity index (χ0n) is 10.1. The van der Waals surface area contributed by atoms with E-state index in [0.717, 1.165) is 0 Å². The van der Waals surface area contributed by atoms with Crippen molar-refractivity contribution < 1.29 is 18.7 Å². The van der Waals surface area contributed by atoms with E-state index in [9.17, 15) is 9.18 Å². The Morgan fingerprint density at radius 3 is 3.05 bits per heavy atom. The molecule has 104 valence electrons. The van der Waals surface area contributed by atoms with Gasteiger partial charge in [0.15, 0.2) is 0 Å². The maximum atomic E-state index is 13.3. The van der Waals surface area contributed by atoms with Gasteiger partial charge in [-0.05, 0) is 40.9 Å². The van der Waals surface area contributed by atoms with E-state index >= 15 is 0 Å². The van der Waals surface area contributed by atoms with Crippen molar-refractivity contribution in [2.75, 3.05) is 6.61 Å². The molecule has 0 spiro atoms. The Morgan fingerprint density at radius 2 is 2.37 bits per heavy atom. The number of hydrazine groups is 1. The number of nitrogens with two attached hydrogens (primary N) is 1. The molecule has 2 rings (SSSR count). The molecule has 0 saturated carbocycles. The monoisotopic (exact) mass is 332 g/mol. The summed E-state index contributed by atoms with van der Waals surface area (Å²) in [5, 5.41) is 0. The van der Waals surface area contributed by atoms with Crippen LogP contribution in [-0.4, -0.2) is 24.7 Å². The Bertz CT molecular complexity index is 472. The lowest BCUT2D eigenvalue weighted by Crippen LogP contribution is -2.39. The molecule has 19 heavy (non-hydrogen) atoms. The predicted molar refractivity (Wildman–Crippen MR) is 69.8 cm³/mol. The molecule has 1 amide bonds. The third-order valence-corrected chi connectivity index (χ3v) is 3.51. The van der Waals surface area contributed by atoms with Gasteiger partial charge in [0.25, 0.3) is 5.91 Å². The molecular formula is C12H14BrFN2O3. The molecule has 1 aliphatic heterocycles. The summed E-state index contributed by atoms with van der Waals surface area (Å²) in [6.07, 6.45) is 0.595. The molecule has 1 fully saturated rings. The van der Waals surface area contributed by atoms with Crippen LogP contribution in [0.1, 0.15) is 12.8 Å². The van der Waals surface area contributed by atoms with Gasteiger partial charge in [0.2, 0.25) is 0 Å². The summed E-state index contributed by atoms with van der Waals surface area (Å²) in [5.41, 5.74) is 2.06. The van der Waals surface area contributed by atoms with Gasteiger partial charge in [-0.2, -0.15) is 0 Å². The predicted octanol–water partition coefficient (Wildman–Crippen LogP) is 1.50. The summed E-state index contributed by atoms with van der Waals surface area (Å²) in [6.45, 7) is 0.273. The van der Waals surface area contributed by atoms with Crippen molar-refractivity contribution in [2.45, 2.75) is 25.0 Å². The van der Waals surface area contributed by atoms with Gasteiger partial charge in [-0.3, -0.25) is 10.2 Å². The molecule has 0 aliphatic carbocycles. The van der Waals surface area contributed by atoms with Gasteiger partial charge in [0.1, 0.15) is 24.3 Å². The lowest BCUT2D eigenvalue weighted by molar-refractivity contribution is -0.132. The molecule has 1 aromatic rings. The first-order valence-corrected chi connectivity index (χ1v) is 6.63. The Morgan fingerprint density at radius 1 is 1.58 bits per heavy atom. The van der Waals surface area contributed by atoms with Crippen LogP contribution in [0, 0.1) is 5.82 Å². The van der Waals surface area contributed by atoms with Crippen LogP contribution in [-0.2, 0) is 9.53 Å². The average molecular weight is 333 g/mol. The van der Waals surface area contributed by atoms with Crippen LogP contribution in [0.2, 0.25) is 0 Å². The van der Waals surface area contributed by atoms with E-state index in [1.807, 2.05) is 0 Å². The summed E-state index contributed by atoms with van der Waals surface area (Å²) in [7, 11) is 0. The van der Waals surface area contributed by atoms with Crippen molar-refractivity contribution in [3.63, 3.8) is 0 Å². The third kappa shape index (κ3) is 3.65. The zero-order chi connectivity index (χ0) is 13.8. The number of hydrogen-bond donors (Lipinski definition) is 2. The Labute approximate surface area is 118 Å². The normalized spacial score (nSPS) is 22.3. The Kier molecular flexibility index (Phi) is 4.73. The van der Waals surface area contributed by atoms with Gasteiger partial charge in [0, 0.05) is 6.07 Å². The van der Waals surface area contributed by atoms with Crippen molar-refractivity contribution in [1.82, 2.24) is 5.43 Å². The lowest BCUT2D eigenvalue weighted by Gasteiger charge is -2.13. The van der Waals surface area contributed by atoms with Gasteiger partial charge in [0.05, 0.1) is 10.6 Å². The average Bonchev–Trinajstić information content (AvgIpc) is 2.88. The molecule has 1 aromatic carbocycles. The zero-order valence-corrected chi connectivity index (χ0v) is 11.7. The van der Waals surface area contributed by atoms with Crippen molar-refractivity contribution in [1.29, 1.82) is 0 Å². The summed E-state index contributed by atoms with van der Waals surface area (Å²) in [5.74, 6) is 4.74. The fourth-order valence-electron chi connectivity index (χ4n) is 1.87. The molecule has 7 heteroatoms. The highest BCUT2D eigenvalue weighted by atomic mass is 79.9. The van der Waals surface area contributed by atoms with E-state index in [0.29, 0.717) is 23.1 Å². The largest absolute Gasteiger partial charge is 0.491 e. The molecule has 0 aromatic heterocycles. The molecule has 0 radical (unpaired) electrons. The fourth-order valence-corrected chi connectivity index (χ4v) is 2.12. The minimum Gasteiger partial charge on any atom is -0.491 e. The van der Waals surface area contributed by atoms with Crippen molar-refractivity contribution in [2.24, 2.45) is 5.84 Å². The smallest absolute Gasteiger partial charge is 0.263 e. The summed E-state index contributed by atoms with van der Waals surface area (Å²) >= 11 is 3.07. The highest BCUT2D eigenvalue weighted by Gasteiger charge is 2.30. The summed E-state index contributed by atoms with van der Waals surface area (Å²) < 4.78 is 24.6. The minimum absolute atomic E-state index is 0.186. The van der Waals surface area contributed by atoms with Gasteiger partial charge < -0.3 is 9.47 Å². The molecule has 5 nitrogen and oxygen atoms in total. The van der Waals surface area contributed by atoms with Crippen LogP contribution in [0.15, 0.2) is 22.7 Å². The standard InChI is InChI=1S/C12H14BrFN2O3/c13-9-3-1-7(5-10(9)14)18-6-8-2-4-11(19-8)12(17)16-15/h1,3,5,8,11H,2,4,6,15H2,(H,16,17). The van der Waals surface area contributed by atoms with Crippen molar-refractivity contribution in [3.05, 3.63) is 28.5 Å². The van der Waals surface area contributed by atoms with Crippen molar-refractivity contribution >= 4 is 21.8 Å². The molecular weight excluding hydrogens is 319 g/mol. The van der Waals surface area contributed by atoms with Gasteiger partial charge >= 0.3 is 0 Å². The van der Waals surface area contributed by atoms with Crippen LogP contribution < -0.4 is 16.0 Å². The second-order valence-corrected chi connectivity index (χ2v) is 5.07. The van der Waals surface area contributed by atoms with E-state index in [-0.39, 0.29) is 24.4 Å². The van der Waals surface area contributed by atoms with E-state index in [4.69, 9.17) is 15.3 Å². The topological polar surface area (TPSA) is 73.6 Å². The SMILES string of the molecule is NNC(=O)C1CCC(COc2ccc(Br)c(F)c2)O1. The number of carbonyl (C=O) groups excluding carboxylic acids is 1. The van der Waals surface area contributed by atoms with E-state index in [1.54, 1.807) is 12.1 Å². The van der Waals surface area contributed by atoms with E-state index < -0.39 is 6.10 Å². The van der Waals surface area contributed by atoms with Gasteiger partial charge in [-0.25, -0.2) is 10.2 Å². The van der Waals surface area contributed by atoms with Gasteiger partial charge in [-0.1, -0.05) is 0 Å². The first-order chi connectivity index (χ1) is 9.10. The van der Waals surface area contributed by atoms with E-state index in [2.05, 4.69) is 21.4 Å². The maximum absolute atomic E-state index is 13.3. The number of amides is 1. The third-order valence-electron chi connectivity index (χ3n) is 2.87. The van der Waals surface area contributed by atoms with Crippen LogP contribution in [0.3, 0.4) is 0 Å². The van der Waals surface area contributed by atoms with Crippen molar-refractivity contribution in [3.8, 4) is 5.75 Å². The first kappa shape index (κ1) is 14.2. The second-order valence-electron chi connectivity index (χ2n) is 4.22. The van der Waals surface area contributed by atoms with Crippen LogP contribution in [0.4, 0.5) is 4.39 Å². The molecule has 3 N–H and O–H groups in total. The molecule has 1 heterocycles. The summed E-state index contributed by atoms with van der Waals surface area (Å²) in [4.78, 5) is 11.3. The quantitative estimate of drug-likeness (QED) is 0.498. The van der Waals surface area contributed by atoms with Crippen LogP contribution >= 0.6 is 15.9 Å². The molecule has 1 aliphatic rings. The maximum Gasteiger partial charge on any atom is 0.263 e. The molecule has 2 unspecified atom stereocenters. The molecule has 1 saturated heterocycles. The number of carbonyl (C=O) groups is 1. The fraction of sp³-hybridized carbons (Fsp3) is 0.417. The summed E-state index contributed by atoms with van der Waals surface area (Å²) in [6, 6.07) is 4.53. The Hall–Kier alpha value is -1.18. The minimum atomic E-state index is -0.528. The number of hydrogen-bond acceptors (Lipinski definition) is 4. The van der Waals surface area contributed by atoms with E-state index in [1.165, 1.54) is 6.07 Å². The second kappa shape index (κ2) is 6.31. The molecule has 0 bridgehead atoms. The Balaban J connectivity index is 1.83. The number of rotatable bonds is 4. The lowest BCUT2D eigenvalue weighted by atomic mass is 10.2. The highest BCUT2D eigenvalue weighted by Crippen LogP contribution is 2.23. The van der Waals surface area contributed by atoms with Gasteiger partial charge in [-0.15, -0.1) is 0 Å². The number of benzene rings is 1. The first-order valence-electron chi connectivity index (χ1n) is 5.84. The molecule has 2 atom stereocenters. The number of ether oxygens (including phenoxy) is 2.